The Morgan fingerprint density at radius 3 is 1.02 bits per heavy atom. The molecule has 6 aromatic carbocycles. The molecule has 0 fully saturated rings. The van der Waals surface area contributed by atoms with Crippen LogP contribution < -0.4 is 0 Å². The topological polar surface area (TPSA) is 12.9 Å². The highest BCUT2D eigenvalue weighted by atomic mass is 14.7. The van der Waals surface area contributed by atoms with E-state index in [9.17, 15) is 0 Å². The maximum absolute atomic E-state index is 5.11. The second kappa shape index (κ2) is 12.0. The molecule has 44 heavy (non-hydrogen) atoms. The summed E-state index contributed by atoms with van der Waals surface area (Å²) >= 11 is 0. The number of aromatic nitrogens is 1. The first-order chi connectivity index (χ1) is 21.6. The van der Waals surface area contributed by atoms with E-state index in [4.69, 9.17) is 4.98 Å². The van der Waals surface area contributed by atoms with Gasteiger partial charge in [-0.3, -0.25) is 0 Å². The average Bonchev–Trinajstić information content (AvgIpc) is 3.09. The first-order valence-corrected chi connectivity index (χ1v) is 15.1. The summed E-state index contributed by atoms with van der Waals surface area (Å²) < 4.78 is 0. The highest BCUT2D eigenvalue weighted by Gasteiger charge is 2.12. The van der Waals surface area contributed by atoms with E-state index in [1.165, 1.54) is 44.5 Å². The molecule has 0 spiro atoms. The zero-order valence-electron chi connectivity index (χ0n) is 25.0. The molecule has 0 aliphatic rings. The summed E-state index contributed by atoms with van der Waals surface area (Å²) in [7, 11) is 0. The van der Waals surface area contributed by atoms with Crippen molar-refractivity contribution in [1.29, 1.82) is 0 Å². The van der Waals surface area contributed by atoms with Crippen molar-refractivity contribution in [3.05, 3.63) is 175 Å². The van der Waals surface area contributed by atoms with Crippen LogP contribution in [0.2, 0.25) is 0 Å². The van der Waals surface area contributed by atoms with Crippen molar-refractivity contribution < 1.29 is 0 Å². The highest BCUT2D eigenvalue weighted by molar-refractivity contribution is 5.84. The monoisotopic (exact) mass is 563 g/mol. The lowest BCUT2D eigenvalue weighted by Gasteiger charge is -2.14. The molecule has 0 N–H and O–H groups in total. The summed E-state index contributed by atoms with van der Waals surface area (Å²) in [4.78, 5) is 5.11. The third kappa shape index (κ3) is 5.86. The number of nitrogens with zero attached hydrogens (tertiary/aromatic N) is 1. The Bertz CT molecular complexity index is 1960. The lowest BCUT2D eigenvalue weighted by molar-refractivity contribution is 1.32. The molecule has 7 rings (SSSR count). The average molecular weight is 564 g/mol. The fourth-order valence-electron chi connectivity index (χ4n) is 5.97. The summed E-state index contributed by atoms with van der Waals surface area (Å²) in [5, 5.41) is 0. The Balaban J connectivity index is 1.38. The lowest BCUT2D eigenvalue weighted by Crippen LogP contribution is -1.92. The summed E-state index contributed by atoms with van der Waals surface area (Å²) in [5.74, 6) is 0. The van der Waals surface area contributed by atoms with Gasteiger partial charge in [0, 0.05) is 11.1 Å². The van der Waals surface area contributed by atoms with Crippen molar-refractivity contribution >= 4 is 0 Å². The highest BCUT2D eigenvalue weighted by Crippen LogP contribution is 2.36. The Morgan fingerprint density at radius 2 is 0.591 bits per heavy atom. The molecule has 0 unspecified atom stereocenters. The molecule has 1 heterocycles. The molecule has 0 radical (unpaired) electrons. The molecular formula is C43H33N. The van der Waals surface area contributed by atoms with Crippen LogP contribution in [0.5, 0.6) is 0 Å². The normalized spacial score (nSPS) is 11.0. The molecular weight excluding hydrogens is 530 g/mol. The van der Waals surface area contributed by atoms with Crippen LogP contribution in [0.3, 0.4) is 0 Å². The quantitative estimate of drug-likeness (QED) is 0.196. The second-order valence-corrected chi connectivity index (χ2v) is 11.5. The second-order valence-electron chi connectivity index (χ2n) is 11.5. The molecule has 0 saturated heterocycles. The van der Waals surface area contributed by atoms with Crippen LogP contribution in [-0.4, -0.2) is 4.98 Å². The van der Waals surface area contributed by atoms with Gasteiger partial charge in [-0.15, -0.1) is 0 Å². The predicted molar refractivity (Wildman–Crippen MR) is 186 cm³/mol. The van der Waals surface area contributed by atoms with Crippen molar-refractivity contribution in [2.45, 2.75) is 13.8 Å². The lowest BCUT2D eigenvalue weighted by atomic mass is 9.91. The van der Waals surface area contributed by atoms with Crippen molar-refractivity contribution in [3.8, 4) is 67.0 Å². The van der Waals surface area contributed by atoms with Crippen LogP contribution in [-0.2, 0) is 0 Å². The maximum atomic E-state index is 5.11. The van der Waals surface area contributed by atoms with Gasteiger partial charge in [0.05, 0.1) is 11.4 Å². The third-order valence-electron chi connectivity index (χ3n) is 8.11. The van der Waals surface area contributed by atoms with E-state index in [0.29, 0.717) is 0 Å². The zero-order valence-corrected chi connectivity index (χ0v) is 25.0. The van der Waals surface area contributed by atoms with Gasteiger partial charge in [0.1, 0.15) is 0 Å². The van der Waals surface area contributed by atoms with E-state index >= 15 is 0 Å². The minimum atomic E-state index is 0.964. The van der Waals surface area contributed by atoms with Gasteiger partial charge in [0.2, 0.25) is 0 Å². The van der Waals surface area contributed by atoms with E-state index in [-0.39, 0.29) is 0 Å². The molecule has 0 atom stereocenters. The summed E-state index contributed by atoms with van der Waals surface area (Å²) in [6.07, 6.45) is 0. The van der Waals surface area contributed by atoms with Crippen LogP contribution >= 0.6 is 0 Å². The molecule has 7 aromatic rings. The van der Waals surface area contributed by atoms with Crippen LogP contribution in [0.4, 0.5) is 0 Å². The maximum Gasteiger partial charge on any atom is 0.0715 e. The molecule has 0 aliphatic carbocycles. The van der Waals surface area contributed by atoms with Gasteiger partial charge in [-0.1, -0.05) is 145 Å². The largest absolute Gasteiger partial charge is 0.248 e. The smallest absolute Gasteiger partial charge is 0.0715 e. The van der Waals surface area contributed by atoms with E-state index in [0.717, 1.165) is 33.6 Å². The van der Waals surface area contributed by atoms with E-state index < -0.39 is 0 Å². The Kier molecular flexibility index (Phi) is 7.44. The van der Waals surface area contributed by atoms with Gasteiger partial charge < -0.3 is 0 Å². The standard InChI is InChI=1S/C43H33N/c1-30-22-31(2)24-37(23-30)33-18-20-34(21-19-33)39-25-38(32-12-6-3-7-13-32)26-40(27-39)41-28-42(35-14-8-4-9-15-35)44-43(29-41)36-16-10-5-11-17-36/h3-29H,1-2H3. The van der Waals surface area contributed by atoms with Crippen molar-refractivity contribution in [3.63, 3.8) is 0 Å². The Labute approximate surface area is 260 Å². The summed E-state index contributed by atoms with van der Waals surface area (Å²) in [6, 6.07) is 58.6. The van der Waals surface area contributed by atoms with Gasteiger partial charge in [-0.25, -0.2) is 4.98 Å². The number of benzene rings is 6. The number of hydrogen-bond acceptors (Lipinski definition) is 1. The fraction of sp³-hybridized carbons (Fsp3) is 0.0465. The van der Waals surface area contributed by atoms with E-state index in [1.807, 2.05) is 12.1 Å². The third-order valence-corrected chi connectivity index (χ3v) is 8.11. The van der Waals surface area contributed by atoms with E-state index in [2.05, 4.69) is 166 Å². The molecule has 0 aliphatic heterocycles. The molecule has 1 nitrogen and oxygen atoms in total. The van der Waals surface area contributed by atoms with Crippen LogP contribution in [0.1, 0.15) is 11.1 Å². The number of rotatable bonds is 6. The van der Waals surface area contributed by atoms with Crippen molar-refractivity contribution in [2.75, 3.05) is 0 Å². The zero-order chi connectivity index (χ0) is 29.9. The Morgan fingerprint density at radius 1 is 0.273 bits per heavy atom. The van der Waals surface area contributed by atoms with Gasteiger partial charge >= 0.3 is 0 Å². The minimum Gasteiger partial charge on any atom is -0.248 e. The van der Waals surface area contributed by atoms with Crippen LogP contribution in [0, 0.1) is 13.8 Å². The van der Waals surface area contributed by atoms with Gasteiger partial charge in [-0.2, -0.15) is 0 Å². The van der Waals surface area contributed by atoms with Gasteiger partial charge in [0.15, 0.2) is 0 Å². The number of pyridine rings is 1. The fourth-order valence-corrected chi connectivity index (χ4v) is 5.97. The molecule has 0 bridgehead atoms. The number of aryl methyl sites for hydroxylation is 2. The SMILES string of the molecule is Cc1cc(C)cc(-c2ccc(-c3cc(-c4ccccc4)cc(-c4cc(-c5ccccc5)nc(-c5ccccc5)c4)c3)cc2)c1. The first kappa shape index (κ1) is 27.3. The first-order valence-electron chi connectivity index (χ1n) is 15.1. The molecule has 1 aromatic heterocycles. The Hall–Kier alpha value is -5.53. The molecule has 0 saturated carbocycles. The molecule has 0 amide bonds. The molecule has 1 heteroatoms. The van der Waals surface area contributed by atoms with Crippen LogP contribution in [0.15, 0.2) is 164 Å². The summed E-state index contributed by atoms with van der Waals surface area (Å²) in [5.41, 5.74) is 16.3. The van der Waals surface area contributed by atoms with Gasteiger partial charge in [0.25, 0.3) is 0 Å². The van der Waals surface area contributed by atoms with Crippen LogP contribution in [0.25, 0.3) is 67.0 Å². The summed E-state index contributed by atoms with van der Waals surface area (Å²) in [6.45, 7) is 4.32. The number of hydrogen-bond donors (Lipinski definition) is 0. The minimum absolute atomic E-state index is 0.964. The van der Waals surface area contributed by atoms with Gasteiger partial charge in [-0.05, 0) is 88.7 Å². The predicted octanol–water partition coefficient (Wildman–Crippen LogP) is 11.7. The van der Waals surface area contributed by atoms with E-state index in [1.54, 1.807) is 0 Å². The molecule has 210 valence electrons. The van der Waals surface area contributed by atoms with Crippen molar-refractivity contribution in [1.82, 2.24) is 4.98 Å². The van der Waals surface area contributed by atoms with Crippen molar-refractivity contribution in [2.24, 2.45) is 0 Å².